The minimum atomic E-state index is -0.393. The zero-order valence-corrected chi connectivity index (χ0v) is 7.61. The molecule has 0 radical (unpaired) electrons. The third kappa shape index (κ3) is 1.54. The average molecular weight is 191 g/mol. The second-order valence-electron chi connectivity index (χ2n) is 2.84. The molecule has 2 aromatic rings. The number of nitrogens with one attached hydrogen (secondary N) is 1. The zero-order chi connectivity index (χ0) is 9.97. The van der Waals surface area contributed by atoms with E-state index in [1.165, 1.54) is 13.2 Å². The fourth-order valence-electron chi connectivity index (χ4n) is 1.18. The Balaban J connectivity index is 2.29. The molecule has 0 spiro atoms. The molecule has 1 aromatic carbocycles. The van der Waals surface area contributed by atoms with Crippen molar-refractivity contribution >= 4 is 22.6 Å². The number of fused-ring (bicyclic) bond motifs is 1. The first-order valence-electron chi connectivity index (χ1n) is 4.17. The van der Waals surface area contributed by atoms with E-state index in [0.29, 0.717) is 5.69 Å². The van der Waals surface area contributed by atoms with Crippen LogP contribution in [0.2, 0.25) is 0 Å². The molecule has 0 amide bonds. The van der Waals surface area contributed by atoms with Gasteiger partial charge in [-0.3, -0.25) is 4.79 Å². The molecular weight excluding hydrogens is 182 g/mol. The molecule has 0 atom stereocenters. The number of carbonyl (C=O) groups excluding carboxylic acids is 1. The lowest BCUT2D eigenvalue weighted by atomic mass is 10.2. The highest BCUT2D eigenvalue weighted by molar-refractivity contribution is 5.90. The van der Waals surface area contributed by atoms with Crippen LogP contribution in [-0.4, -0.2) is 5.97 Å². The Morgan fingerprint density at radius 2 is 2.21 bits per heavy atom. The Bertz CT molecular complexity index is 461. The first-order chi connectivity index (χ1) is 6.77. The Hall–Kier alpha value is -1.97. The zero-order valence-electron chi connectivity index (χ0n) is 7.61. The Labute approximate surface area is 80.4 Å². The second-order valence-corrected chi connectivity index (χ2v) is 2.84. The normalized spacial score (nSPS) is 10.1. The SMILES string of the molecule is CC(=O)ONc1coc2ccccc12. The van der Waals surface area contributed by atoms with Gasteiger partial charge in [-0.2, -0.15) is 0 Å². The molecule has 0 saturated heterocycles. The third-order valence-corrected chi connectivity index (χ3v) is 1.79. The predicted octanol–water partition coefficient (Wildman–Crippen LogP) is 2.32. The van der Waals surface area contributed by atoms with E-state index in [-0.39, 0.29) is 0 Å². The highest BCUT2D eigenvalue weighted by Gasteiger charge is 2.04. The van der Waals surface area contributed by atoms with Gasteiger partial charge in [-0.15, -0.1) is 0 Å². The molecule has 1 heterocycles. The maximum absolute atomic E-state index is 10.6. The molecule has 0 unspecified atom stereocenters. The monoisotopic (exact) mass is 191 g/mol. The lowest BCUT2D eigenvalue weighted by molar-refractivity contribution is -0.137. The molecule has 0 fully saturated rings. The largest absolute Gasteiger partial charge is 0.462 e. The quantitative estimate of drug-likeness (QED) is 0.740. The van der Waals surface area contributed by atoms with E-state index >= 15 is 0 Å². The summed E-state index contributed by atoms with van der Waals surface area (Å²) in [7, 11) is 0. The van der Waals surface area contributed by atoms with Crippen molar-refractivity contribution in [3.05, 3.63) is 30.5 Å². The van der Waals surface area contributed by atoms with E-state index < -0.39 is 5.97 Å². The molecule has 0 aliphatic heterocycles. The summed E-state index contributed by atoms with van der Waals surface area (Å²) in [5.41, 5.74) is 3.92. The van der Waals surface area contributed by atoms with Crippen LogP contribution in [0.5, 0.6) is 0 Å². The highest BCUT2D eigenvalue weighted by Crippen LogP contribution is 2.24. The highest BCUT2D eigenvalue weighted by atomic mass is 16.7. The average Bonchev–Trinajstić information content (AvgIpc) is 2.58. The van der Waals surface area contributed by atoms with Crippen molar-refractivity contribution < 1.29 is 14.0 Å². The first-order valence-corrected chi connectivity index (χ1v) is 4.17. The van der Waals surface area contributed by atoms with Gasteiger partial charge < -0.3 is 9.25 Å². The number of benzene rings is 1. The van der Waals surface area contributed by atoms with Gasteiger partial charge >= 0.3 is 5.97 Å². The summed E-state index contributed by atoms with van der Waals surface area (Å²) in [6.07, 6.45) is 1.51. The lowest BCUT2D eigenvalue weighted by Gasteiger charge is -2.00. The van der Waals surface area contributed by atoms with Crippen molar-refractivity contribution in [1.29, 1.82) is 0 Å². The molecule has 0 aliphatic carbocycles. The van der Waals surface area contributed by atoms with Gasteiger partial charge in [0.1, 0.15) is 17.5 Å². The fraction of sp³-hybridized carbons (Fsp3) is 0.100. The van der Waals surface area contributed by atoms with Crippen LogP contribution in [0.3, 0.4) is 0 Å². The van der Waals surface area contributed by atoms with E-state index in [4.69, 9.17) is 4.42 Å². The molecule has 0 saturated carbocycles. The molecule has 14 heavy (non-hydrogen) atoms. The molecule has 4 nitrogen and oxygen atoms in total. The van der Waals surface area contributed by atoms with Crippen molar-refractivity contribution in [2.75, 3.05) is 5.48 Å². The summed E-state index contributed by atoms with van der Waals surface area (Å²) >= 11 is 0. The van der Waals surface area contributed by atoms with Crippen molar-refractivity contribution in [1.82, 2.24) is 0 Å². The van der Waals surface area contributed by atoms with Crippen molar-refractivity contribution in [2.24, 2.45) is 0 Å². The number of para-hydroxylation sites is 1. The second kappa shape index (κ2) is 3.41. The van der Waals surface area contributed by atoms with Crippen LogP contribution in [0, 0.1) is 0 Å². The number of furan rings is 1. The minimum Gasteiger partial charge on any atom is -0.462 e. The van der Waals surface area contributed by atoms with Crippen LogP contribution < -0.4 is 5.48 Å². The molecule has 0 bridgehead atoms. The van der Waals surface area contributed by atoms with Gasteiger partial charge in [0, 0.05) is 12.3 Å². The van der Waals surface area contributed by atoms with E-state index in [1.807, 2.05) is 24.3 Å². The van der Waals surface area contributed by atoms with Crippen LogP contribution in [0.4, 0.5) is 5.69 Å². The predicted molar refractivity (Wildman–Crippen MR) is 51.6 cm³/mol. The van der Waals surface area contributed by atoms with Crippen LogP contribution in [0.25, 0.3) is 11.0 Å². The van der Waals surface area contributed by atoms with Crippen LogP contribution in [0.1, 0.15) is 6.92 Å². The van der Waals surface area contributed by atoms with E-state index in [2.05, 4.69) is 10.3 Å². The molecule has 4 heteroatoms. The molecule has 0 aliphatic rings. The maximum Gasteiger partial charge on any atom is 0.329 e. The summed E-state index contributed by atoms with van der Waals surface area (Å²) in [6, 6.07) is 7.48. The summed E-state index contributed by atoms with van der Waals surface area (Å²) < 4.78 is 5.23. The van der Waals surface area contributed by atoms with Crippen molar-refractivity contribution in [3.8, 4) is 0 Å². The summed E-state index contributed by atoms with van der Waals surface area (Å²) in [6.45, 7) is 1.33. The van der Waals surface area contributed by atoms with Gasteiger partial charge in [0.2, 0.25) is 0 Å². The molecular formula is C10H9NO3. The van der Waals surface area contributed by atoms with Crippen molar-refractivity contribution in [2.45, 2.75) is 6.92 Å². The molecule has 1 N–H and O–H groups in total. The molecule has 1 aromatic heterocycles. The number of hydrogen-bond acceptors (Lipinski definition) is 4. The Morgan fingerprint density at radius 1 is 1.43 bits per heavy atom. The topological polar surface area (TPSA) is 51.5 Å². The fourth-order valence-corrected chi connectivity index (χ4v) is 1.18. The van der Waals surface area contributed by atoms with Gasteiger partial charge in [-0.05, 0) is 12.1 Å². The number of rotatable bonds is 2. The van der Waals surface area contributed by atoms with E-state index in [1.54, 1.807) is 0 Å². The van der Waals surface area contributed by atoms with Gasteiger partial charge in [0.25, 0.3) is 0 Å². The number of hydrogen-bond donors (Lipinski definition) is 1. The third-order valence-electron chi connectivity index (χ3n) is 1.79. The van der Waals surface area contributed by atoms with Gasteiger partial charge in [0.05, 0.1) is 0 Å². The van der Waals surface area contributed by atoms with Crippen LogP contribution in [-0.2, 0) is 9.63 Å². The summed E-state index contributed by atoms with van der Waals surface area (Å²) in [5.74, 6) is -0.393. The minimum absolute atomic E-state index is 0.393. The van der Waals surface area contributed by atoms with Crippen LogP contribution in [0.15, 0.2) is 34.9 Å². The van der Waals surface area contributed by atoms with Crippen molar-refractivity contribution in [3.63, 3.8) is 0 Å². The first kappa shape index (κ1) is 8.62. The molecule has 72 valence electrons. The standard InChI is InChI=1S/C10H9NO3/c1-7(12)14-11-9-6-13-10-5-3-2-4-8(9)10/h2-6,11H,1H3. The number of anilines is 1. The lowest BCUT2D eigenvalue weighted by Crippen LogP contribution is -2.05. The molecule has 2 rings (SSSR count). The van der Waals surface area contributed by atoms with Gasteiger partial charge in [-0.25, -0.2) is 5.48 Å². The number of carbonyl (C=O) groups is 1. The van der Waals surface area contributed by atoms with E-state index in [0.717, 1.165) is 11.0 Å². The summed E-state index contributed by atoms with van der Waals surface area (Å²) in [4.78, 5) is 15.2. The van der Waals surface area contributed by atoms with Gasteiger partial charge in [0.15, 0.2) is 0 Å². The Morgan fingerprint density at radius 3 is 3.00 bits per heavy atom. The Kier molecular flexibility index (Phi) is 2.10. The van der Waals surface area contributed by atoms with Crippen LogP contribution >= 0.6 is 0 Å². The maximum atomic E-state index is 10.6. The smallest absolute Gasteiger partial charge is 0.329 e. The van der Waals surface area contributed by atoms with E-state index in [9.17, 15) is 4.79 Å². The summed E-state index contributed by atoms with van der Waals surface area (Å²) in [5, 5.41) is 0.883. The van der Waals surface area contributed by atoms with Gasteiger partial charge in [-0.1, -0.05) is 12.1 Å².